The molecule has 0 saturated carbocycles. The molecule has 0 aliphatic carbocycles. The highest BCUT2D eigenvalue weighted by Gasteiger charge is 2.26. The Labute approximate surface area is 190 Å². The maximum Gasteiger partial charge on any atom is 0.305 e. The summed E-state index contributed by atoms with van der Waals surface area (Å²) in [7, 11) is 1.34. The van der Waals surface area contributed by atoms with Crippen LogP contribution >= 0.6 is 22.9 Å². The molecular weight excluding hydrogens is 438 g/mol. The lowest BCUT2D eigenvalue weighted by atomic mass is 9.97. The van der Waals surface area contributed by atoms with E-state index in [1.54, 1.807) is 11.4 Å². The number of rotatable bonds is 8. The van der Waals surface area contributed by atoms with E-state index in [9.17, 15) is 14.4 Å². The molecule has 1 aliphatic rings. The van der Waals surface area contributed by atoms with E-state index in [2.05, 4.69) is 15.0 Å². The maximum atomic E-state index is 12.6. The van der Waals surface area contributed by atoms with Gasteiger partial charge in [-0.3, -0.25) is 14.4 Å². The second-order valence-electron chi connectivity index (χ2n) is 7.43. The zero-order valence-corrected chi connectivity index (χ0v) is 19.0. The molecule has 0 spiro atoms. The third-order valence-corrected chi connectivity index (χ3v) is 6.70. The molecule has 1 saturated heterocycles. The van der Waals surface area contributed by atoms with Crippen molar-refractivity contribution in [2.45, 2.75) is 38.0 Å². The number of ether oxygens (including phenoxy) is 1. The van der Waals surface area contributed by atoms with Gasteiger partial charge in [-0.1, -0.05) is 29.8 Å². The number of methoxy groups -OCH3 is 1. The van der Waals surface area contributed by atoms with Crippen molar-refractivity contribution in [2.75, 3.05) is 26.7 Å². The van der Waals surface area contributed by atoms with Crippen molar-refractivity contribution in [1.29, 1.82) is 0 Å². The SMILES string of the molecule is COC(=O)CCCNC(=O)c1csc(C2CCN(C(=O)Cc3ccccc3Cl)CC2)n1. The van der Waals surface area contributed by atoms with Crippen LogP contribution in [0.25, 0.3) is 0 Å². The number of piperidine rings is 1. The van der Waals surface area contributed by atoms with Gasteiger partial charge in [0.1, 0.15) is 5.69 Å². The number of halogens is 1. The molecule has 1 aromatic carbocycles. The Hall–Kier alpha value is -2.45. The fraction of sp³-hybridized carbons (Fsp3) is 0.455. The third kappa shape index (κ3) is 6.51. The fourth-order valence-electron chi connectivity index (χ4n) is 3.50. The number of thiazole rings is 1. The van der Waals surface area contributed by atoms with Crippen molar-refractivity contribution in [1.82, 2.24) is 15.2 Å². The summed E-state index contributed by atoms with van der Waals surface area (Å²) in [5.74, 6) is -0.199. The molecule has 1 aromatic heterocycles. The first-order chi connectivity index (χ1) is 15.0. The summed E-state index contributed by atoms with van der Waals surface area (Å²) < 4.78 is 4.58. The number of amides is 2. The molecule has 31 heavy (non-hydrogen) atoms. The van der Waals surface area contributed by atoms with E-state index in [-0.39, 0.29) is 30.1 Å². The Bertz CT molecular complexity index is 925. The van der Waals surface area contributed by atoms with Crippen LogP contribution in [-0.4, -0.2) is 54.4 Å². The molecule has 1 fully saturated rings. The van der Waals surface area contributed by atoms with Gasteiger partial charge in [-0.05, 0) is 30.9 Å². The minimum absolute atomic E-state index is 0.0812. The van der Waals surface area contributed by atoms with Crippen molar-refractivity contribution < 1.29 is 19.1 Å². The first kappa shape index (κ1) is 23.2. The van der Waals surface area contributed by atoms with Crippen molar-refractivity contribution in [3.63, 3.8) is 0 Å². The van der Waals surface area contributed by atoms with Gasteiger partial charge < -0.3 is 15.0 Å². The Morgan fingerprint density at radius 1 is 1.26 bits per heavy atom. The van der Waals surface area contributed by atoms with Gasteiger partial charge >= 0.3 is 5.97 Å². The zero-order chi connectivity index (χ0) is 22.2. The minimum atomic E-state index is -0.290. The molecule has 166 valence electrons. The van der Waals surface area contributed by atoms with Gasteiger partial charge in [-0.25, -0.2) is 4.98 Å². The number of nitrogens with zero attached hydrogens (tertiary/aromatic N) is 2. The van der Waals surface area contributed by atoms with Crippen molar-refractivity contribution in [3.8, 4) is 0 Å². The van der Waals surface area contributed by atoms with Crippen molar-refractivity contribution in [3.05, 3.63) is 50.9 Å². The predicted octanol–water partition coefficient (Wildman–Crippen LogP) is 3.43. The molecule has 0 unspecified atom stereocenters. The van der Waals surface area contributed by atoms with E-state index < -0.39 is 0 Å². The molecular formula is C22H26ClN3O4S. The van der Waals surface area contributed by atoms with E-state index in [1.807, 2.05) is 23.1 Å². The van der Waals surface area contributed by atoms with Crippen LogP contribution in [0.5, 0.6) is 0 Å². The van der Waals surface area contributed by atoms with Crippen LogP contribution in [0.3, 0.4) is 0 Å². The molecule has 0 bridgehead atoms. The number of carbonyl (C=O) groups is 3. The van der Waals surface area contributed by atoms with Crippen LogP contribution in [0.15, 0.2) is 29.6 Å². The van der Waals surface area contributed by atoms with Crippen LogP contribution in [0.2, 0.25) is 5.02 Å². The highest BCUT2D eigenvalue weighted by molar-refractivity contribution is 7.09. The summed E-state index contributed by atoms with van der Waals surface area (Å²) in [4.78, 5) is 42.4. The van der Waals surface area contributed by atoms with E-state index in [1.165, 1.54) is 18.4 Å². The average Bonchev–Trinajstić information content (AvgIpc) is 3.28. The number of aromatic nitrogens is 1. The lowest BCUT2D eigenvalue weighted by molar-refractivity contribution is -0.140. The molecule has 2 amide bonds. The van der Waals surface area contributed by atoms with Crippen LogP contribution in [0.4, 0.5) is 0 Å². The lowest BCUT2D eigenvalue weighted by Gasteiger charge is -2.31. The molecule has 7 nitrogen and oxygen atoms in total. The highest BCUT2D eigenvalue weighted by Crippen LogP contribution is 2.30. The van der Waals surface area contributed by atoms with Gasteiger partial charge in [-0.15, -0.1) is 11.3 Å². The molecule has 2 heterocycles. The summed E-state index contributed by atoms with van der Waals surface area (Å²) in [5, 5.41) is 6.09. The molecule has 3 rings (SSSR count). The number of benzene rings is 1. The van der Waals surface area contributed by atoms with Gasteiger partial charge in [0.15, 0.2) is 0 Å². The van der Waals surface area contributed by atoms with Crippen LogP contribution < -0.4 is 5.32 Å². The Morgan fingerprint density at radius 3 is 2.71 bits per heavy atom. The second-order valence-corrected chi connectivity index (χ2v) is 8.73. The topological polar surface area (TPSA) is 88.6 Å². The van der Waals surface area contributed by atoms with Crippen LogP contribution in [-0.2, 0) is 20.7 Å². The van der Waals surface area contributed by atoms with E-state index in [4.69, 9.17) is 11.6 Å². The van der Waals surface area contributed by atoms with Gasteiger partial charge in [0, 0.05) is 42.4 Å². The van der Waals surface area contributed by atoms with E-state index in [0.717, 1.165) is 23.4 Å². The van der Waals surface area contributed by atoms with Crippen LogP contribution in [0, 0.1) is 0 Å². The summed E-state index contributed by atoms with van der Waals surface area (Å²) >= 11 is 7.65. The largest absolute Gasteiger partial charge is 0.469 e. The van der Waals surface area contributed by atoms with E-state index in [0.29, 0.717) is 43.2 Å². The Kier molecular flexibility index (Phi) is 8.43. The summed E-state index contributed by atoms with van der Waals surface area (Å²) in [5.41, 5.74) is 1.24. The number of nitrogens with one attached hydrogen (secondary N) is 1. The normalized spacial score (nSPS) is 14.3. The maximum absolute atomic E-state index is 12.6. The molecule has 0 atom stereocenters. The standard InChI is InChI=1S/C22H26ClN3O4S/c1-30-20(28)7-4-10-24-21(29)18-14-31-22(25-18)15-8-11-26(12-9-15)19(27)13-16-5-2-3-6-17(16)23/h2-3,5-6,14-15H,4,7-13H2,1H3,(H,24,29). The summed E-state index contributed by atoms with van der Waals surface area (Å²) in [6.07, 6.45) is 2.74. The summed E-state index contributed by atoms with van der Waals surface area (Å²) in [6, 6.07) is 7.42. The Balaban J connectivity index is 1.45. The number of carbonyl (C=O) groups excluding carboxylic acids is 3. The third-order valence-electron chi connectivity index (χ3n) is 5.32. The molecule has 2 aromatic rings. The molecule has 1 N–H and O–H groups in total. The van der Waals surface area contributed by atoms with Crippen molar-refractivity contribution in [2.24, 2.45) is 0 Å². The van der Waals surface area contributed by atoms with Gasteiger partial charge in [-0.2, -0.15) is 0 Å². The predicted molar refractivity (Wildman–Crippen MR) is 119 cm³/mol. The van der Waals surface area contributed by atoms with Gasteiger partial charge in [0.05, 0.1) is 18.5 Å². The quantitative estimate of drug-likeness (QED) is 0.478. The highest BCUT2D eigenvalue weighted by atomic mass is 35.5. The molecule has 9 heteroatoms. The first-order valence-corrected chi connectivity index (χ1v) is 11.5. The number of hydrogen-bond acceptors (Lipinski definition) is 6. The smallest absolute Gasteiger partial charge is 0.305 e. The summed E-state index contributed by atoms with van der Waals surface area (Å²) in [6.45, 7) is 1.73. The van der Waals surface area contributed by atoms with Crippen molar-refractivity contribution >= 4 is 40.7 Å². The number of esters is 1. The number of likely N-dealkylation sites (tertiary alicyclic amines) is 1. The monoisotopic (exact) mass is 463 g/mol. The lowest BCUT2D eigenvalue weighted by Crippen LogP contribution is -2.38. The minimum Gasteiger partial charge on any atom is -0.469 e. The first-order valence-electron chi connectivity index (χ1n) is 10.3. The number of hydrogen-bond donors (Lipinski definition) is 1. The van der Waals surface area contributed by atoms with Gasteiger partial charge in [0.2, 0.25) is 5.91 Å². The average molecular weight is 464 g/mol. The van der Waals surface area contributed by atoms with Crippen LogP contribution in [0.1, 0.15) is 52.7 Å². The Morgan fingerprint density at radius 2 is 2.00 bits per heavy atom. The molecule has 1 aliphatic heterocycles. The van der Waals surface area contributed by atoms with E-state index >= 15 is 0 Å². The molecule has 0 radical (unpaired) electrons. The van der Waals surface area contributed by atoms with Gasteiger partial charge in [0.25, 0.3) is 5.91 Å². The fourth-order valence-corrected chi connectivity index (χ4v) is 4.67. The zero-order valence-electron chi connectivity index (χ0n) is 17.4. The second kappa shape index (κ2) is 11.2.